The highest BCUT2D eigenvalue weighted by atomic mass is 16.5. The Labute approximate surface area is 148 Å². The molecule has 0 bridgehead atoms. The summed E-state index contributed by atoms with van der Waals surface area (Å²) >= 11 is 0. The molecule has 0 aromatic carbocycles. The number of ether oxygens (including phenoxy) is 2. The average molecular weight is 355 g/mol. The number of amides is 1. The van der Waals surface area contributed by atoms with Crippen molar-refractivity contribution in [3.8, 4) is 0 Å². The summed E-state index contributed by atoms with van der Waals surface area (Å²) in [5.41, 5.74) is 0. The van der Waals surface area contributed by atoms with Crippen LogP contribution in [0.15, 0.2) is 24.3 Å². The summed E-state index contributed by atoms with van der Waals surface area (Å²) in [5.74, 6) is -0.931. The van der Waals surface area contributed by atoms with E-state index in [-0.39, 0.29) is 31.8 Å². The number of aliphatic carboxylic acids is 1. The van der Waals surface area contributed by atoms with Crippen molar-refractivity contribution in [2.45, 2.75) is 44.8 Å². The Hall–Kier alpha value is -1.70. The molecule has 1 unspecified atom stereocenters. The molecular weight excluding hydrogens is 326 g/mol. The lowest BCUT2D eigenvalue weighted by Crippen LogP contribution is -2.42. The Bertz CT molecular complexity index is 462. The Kier molecular flexibility index (Phi) is 10.8. The molecule has 0 aliphatic carbocycles. The summed E-state index contributed by atoms with van der Waals surface area (Å²) in [4.78, 5) is 24.2. The zero-order valence-corrected chi connectivity index (χ0v) is 14.8. The molecular formula is C18H29NO6. The minimum atomic E-state index is -1.01. The topological polar surface area (TPSA) is 96.3 Å². The van der Waals surface area contributed by atoms with Gasteiger partial charge in [-0.3, -0.25) is 4.79 Å². The molecule has 0 radical (unpaired) electrons. The summed E-state index contributed by atoms with van der Waals surface area (Å²) in [6.07, 6.45) is 9.50. The van der Waals surface area contributed by atoms with Crippen LogP contribution in [0.4, 0.5) is 0 Å². The molecule has 1 aliphatic heterocycles. The van der Waals surface area contributed by atoms with E-state index in [9.17, 15) is 14.7 Å². The van der Waals surface area contributed by atoms with Crippen LogP contribution in [0.2, 0.25) is 0 Å². The summed E-state index contributed by atoms with van der Waals surface area (Å²) in [7, 11) is 0. The summed E-state index contributed by atoms with van der Waals surface area (Å²) in [5, 5.41) is 18.4. The molecule has 2 N–H and O–H groups in total. The number of carbonyl (C=O) groups is 2. The molecule has 0 aromatic heterocycles. The van der Waals surface area contributed by atoms with Crippen LogP contribution in [0.1, 0.15) is 32.6 Å². The van der Waals surface area contributed by atoms with Gasteiger partial charge in [0.25, 0.3) is 0 Å². The quantitative estimate of drug-likeness (QED) is 0.405. The largest absolute Gasteiger partial charge is 0.480 e. The maximum atomic E-state index is 12.1. The Balaban J connectivity index is 2.45. The number of hydrogen-bond acceptors (Lipinski definition) is 5. The maximum absolute atomic E-state index is 12.1. The first kappa shape index (κ1) is 21.3. The molecule has 1 saturated heterocycles. The fourth-order valence-electron chi connectivity index (χ4n) is 2.52. The fraction of sp³-hybridized carbons (Fsp3) is 0.667. The van der Waals surface area contributed by atoms with E-state index in [4.69, 9.17) is 14.6 Å². The number of hydrogen-bond donors (Lipinski definition) is 2. The monoisotopic (exact) mass is 355 g/mol. The number of aliphatic hydroxyl groups excluding tert-OH is 1. The van der Waals surface area contributed by atoms with Crippen molar-refractivity contribution < 1.29 is 29.3 Å². The van der Waals surface area contributed by atoms with Crippen LogP contribution >= 0.6 is 0 Å². The number of rotatable bonds is 12. The third-order valence-corrected chi connectivity index (χ3v) is 3.71. The van der Waals surface area contributed by atoms with Gasteiger partial charge in [-0.1, -0.05) is 31.2 Å². The van der Waals surface area contributed by atoms with E-state index in [1.54, 1.807) is 23.1 Å². The van der Waals surface area contributed by atoms with Crippen LogP contribution in [0.3, 0.4) is 0 Å². The first-order valence-corrected chi connectivity index (χ1v) is 8.72. The molecule has 0 aromatic rings. The van der Waals surface area contributed by atoms with Crippen molar-refractivity contribution >= 4 is 11.9 Å². The Morgan fingerprint density at radius 3 is 2.92 bits per heavy atom. The van der Waals surface area contributed by atoms with Crippen LogP contribution in [-0.4, -0.2) is 72.1 Å². The van der Waals surface area contributed by atoms with Gasteiger partial charge in [-0.2, -0.15) is 0 Å². The van der Waals surface area contributed by atoms with Crippen molar-refractivity contribution in [3.63, 3.8) is 0 Å². The van der Waals surface area contributed by atoms with Gasteiger partial charge in [0, 0.05) is 19.6 Å². The number of carboxylic acid groups (broad SMARTS) is 1. The van der Waals surface area contributed by atoms with E-state index in [1.807, 2.05) is 13.0 Å². The van der Waals surface area contributed by atoms with E-state index in [0.717, 1.165) is 19.3 Å². The molecule has 7 nitrogen and oxygen atoms in total. The highest BCUT2D eigenvalue weighted by Crippen LogP contribution is 2.19. The molecule has 1 rings (SSSR count). The first-order valence-electron chi connectivity index (χ1n) is 8.72. The normalized spacial score (nSPS) is 19.8. The van der Waals surface area contributed by atoms with Gasteiger partial charge in [0.1, 0.15) is 6.61 Å². The minimum Gasteiger partial charge on any atom is -0.480 e. The molecule has 1 amide bonds. The van der Waals surface area contributed by atoms with Crippen molar-refractivity contribution in [2.24, 2.45) is 0 Å². The molecule has 2 atom stereocenters. The molecule has 25 heavy (non-hydrogen) atoms. The molecule has 142 valence electrons. The molecule has 1 heterocycles. The predicted octanol–water partition coefficient (Wildman–Crippen LogP) is 1.37. The standard InChI is InChI=1S/C18H29NO6/c1-2-11-24-13-16(20)9-8-15-6-5-7-17(21)19(15)10-3-4-12-25-14-18(22)23/h3-4,8-9,15-16,20H,2,5-7,10-14H2,1H3,(H,22,23)/b4-3-,9-8+/t15-,16?/m1/s1. The van der Waals surface area contributed by atoms with Gasteiger partial charge in [-0.15, -0.1) is 0 Å². The van der Waals surface area contributed by atoms with Crippen molar-refractivity contribution in [3.05, 3.63) is 24.3 Å². The van der Waals surface area contributed by atoms with E-state index in [1.165, 1.54) is 0 Å². The van der Waals surface area contributed by atoms with E-state index in [2.05, 4.69) is 0 Å². The third kappa shape index (κ3) is 9.38. The number of nitrogens with zero attached hydrogens (tertiary/aromatic N) is 1. The number of carboxylic acids is 1. The van der Waals surface area contributed by atoms with E-state index in [0.29, 0.717) is 19.6 Å². The molecule has 1 fully saturated rings. The van der Waals surface area contributed by atoms with E-state index < -0.39 is 12.1 Å². The number of carbonyl (C=O) groups excluding carboxylic acids is 1. The third-order valence-electron chi connectivity index (χ3n) is 3.71. The minimum absolute atomic E-state index is 0.0494. The lowest BCUT2D eigenvalue weighted by atomic mass is 10.0. The Morgan fingerprint density at radius 2 is 2.20 bits per heavy atom. The number of likely N-dealkylation sites (tertiary alicyclic amines) is 1. The molecule has 7 heteroatoms. The Morgan fingerprint density at radius 1 is 1.40 bits per heavy atom. The lowest BCUT2D eigenvalue weighted by molar-refractivity contribution is -0.141. The van der Waals surface area contributed by atoms with Crippen LogP contribution in [0.25, 0.3) is 0 Å². The number of aliphatic hydroxyl groups is 1. The summed E-state index contributed by atoms with van der Waals surface area (Å²) < 4.78 is 10.2. The second-order valence-electron chi connectivity index (χ2n) is 5.91. The zero-order valence-electron chi connectivity index (χ0n) is 14.8. The summed E-state index contributed by atoms with van der Waals surface area (Å²) in [6, 6.07) is -0.0494. The molecule has 1 aliphatic rings. The maximum Gasteiger partial charge on any atom is 0.329 e. The predicted molar refractivity (Wildman–Crippen MR) is 93.2 cm³/mol. The average Bonchev–Trinajstić information content (AvgIpc) is 2.57. The molecule has 0 spiro atoms. The van der Waals surface area contributed by atoms with Gasteiger partial charge in [-0.25, -0.2) is 4.79 Å². The van der Waals surface area contributed by atoms with Gasteiger partial charge in [0.05, 0.1) is 25.4 Å². The zero-order chi connectivity index (χ0) is 18.5. The molecule has 0 saturated carbocycles. The van der Waals surface area contributed by atoms with Crippen molar-refractivity contribution in [1.29, 1.82) is 0 Å². The van der Waals surface area contributed by atoms with Crippen LogP contribution in [0.5, 0.6) is 0 Å². The second kappa shape index (κ2) is 12.6. The van der Waals surface area contributed by atoms with Gasteiger partial charge in [0.15, 0.2) is 0 Å². The van der Waals surface area contributed by atoms with Crippen molar-refractivity contribution in [1.82, 2.24) is 4.90 Å². The van der Waals surface area contributed by atoms with Gasteiger partial charge in [0.2, 0.25) is 5.91 Å². The lowest BCUT2D eigenvalue weighted by Gasteiger charge is -2.33. The first-order chi connectivity index (χ1) is 12.0. The second-order valence-corrected chi connectivity index (χ2v) is 5.91. The van der Waals surface area contributed by atoms with Gasteiger partial charge >= 0.3 is 5.97 Å². The smallest absolute Gasteiger partial charge is 0.329 e. The number of piperidine rings is 1. The van der Waals surface area contributed by atoms with Crippen LogP contribution in [0, 0.1) is 0 Å². The fourth-order valence-corrected chi connectivity index (χ4v) is 2.52. The van der Waals surface area contributed by atoms with Gasteiger partial charge in [-0.05, 0) is 19.3 Å². The van der Waals surface area contributed by atoms with Gasteiger partial charge < -0.3 is 24.6 Å². The van der Waals surface area contributed by atoms with Crippen LogP contribution in [-0.2, 0) is 19.1 Å². The highest BCUT2D eigenvalue weighted by Gasteiger charge is 2.25. The highest BCUT2D eigenvalue weighted by molar-refractivity contribution is 5.77. The van der Waals surface area contributed by atoms with Crippen molar-refractivity contribution in [2.75, 3.05) is 33.0 Å². The SMILES string of the molecule is CCCOCC(O)/C=C/[C@H]1CCCC(=O)N1C/C=C\COCC(=O)O. The van der Waals surface area contributed by atoms with Crippen LogP contribution < -0.4 is 0 Å². The van der Waals surface area contributed by atoms with E-state index >= 15 is 0 Å². The summed E-state index contributed by atoms with van der Waals surface area (Å²) in [6.45, 7) is 3.18.